The minimum Gasteiger partial charge on any atom is -0.382 e. The van der Waals surface area contributed by atoms with Crippen molar-refractivity contribution >= 4 is 23.4 Å². The number of urea groups is 1. The Morgan fingerprint density at radius 3 is 2.37 bits per heavy atom. The summed E-state index contributed by atoms with van der Waals surface area (Å²) < 4.78 is 0. The maximum atomic E-state index is 12.0. The Morgan fingerprint density at radius 2 is 1.67 bits per heavy atom. The van der Waals surface area contributed by atoms with Crippen LogP contribution in [0.4, 0.5) is 22.1 Å². The van der Waals surface area contributed by atoms with Crippen LogP contribution in [0.5, 0.6) is 0 Å². The molecule has 5 N–H and O–H groups in total. The second kappa shape index (κ2) is 9.30. The molecular formula is C20H22N6O. The molecule has 0 fully saturated rings. The maximum Gasteiger partial charge on any atom is 0.324 e. The number of rotatable bonds is 7. The van der Waals surface area contributed by atoms with Crippen molar-refractivity contribution in [3.05, 3.63) is 78.1 Å². The molecule has 2 aromatic carbocycles. The van der Waals surface area contributed by atoms with Crippen molar-refractivity contribution in [1.29, 1.82) is 0 Å². The topological polar surface area (TPSA) is 105 Å². The summed E-state index contributed by atoms with van der Waals surface area (Å²) in [7, 11) is 0. The Kier molecular flexibility index (Phi) is 6.32. The molecule has 1 aromatic heterocycles. The number of carbonyl (C=O) groups excluding carboxylic acids is 1. The second-order valence-electron chi connectivity index (χ2n) is 6.01. The highest BCUT2D eigenvalue weighted by molar-refractivity contribution is 5.99. The van der Waals surface area contributed by atoms with Gasteiger partial charge in [0.2, 0.25) is 0 Å². The molecule has 0 saturated heterocycles. The van der Waals surface area contributed by atoms with Crippen molar-refractivity contribution in [2.24, 2.45) is 0 Å². The van der Waals surface area contributed by atoms with Gasteiger partial charge in [0.05, 0.1) is 12.4 Å². The van der Waals surface area contributed by atoms with Gasteiger partial charge in [-0.3, -0.25) is 5.32 Å². The number of carbonyl (C=O) groups is 1. The van der Waals surface area contributed by atoms with Gasteiger partial charge < -0.3 is 16.4 Å². The van der Waals surface area contributed by atoms with Crippen molar-refractivity contribution in [2.75, 3.05) is 22.9 Å². The number of benzene rings is 2. The lowest BCUT2D eigenvalue weighted by Gasteiger charge is -2.08. The highest BCUT2D eigenvalue weighted by Crippen LogP contribution is 2.11. The van der Waals surface area contributed by atoms with Crippen LogP contribution in [0.15, 0.2) is 67.0 Å². The molecule has 7 nitrogen and oxygen atoms in total. The predicted octanol–water partition coefficient (Wildman–Crippen LogP) is 3.04. The zero-order valence-electron chi connectivity index (χ0n) is 14.9. The fourth-order valence-corrected chi connectivity index (χ4v) is 2.50. The molecule has 1 heterocycles. The van der Waals surface area contributed by atoms with Crippen molar-refractivity contribution in [3.63, 3.8) is 0 Å². The van der Waals surface area contributed by atoms with Crippen LogP contribution in [0.1, 0.15) is 11.1 Å². The van der Waals surface area contributed by atoms with E-state index in [4.69, 9.17) is 5.73 Å². The lowest BCUT2D eigenvalue weighted by Crippen LogP contribution is -2.20. The SMILES string of the molecule is Nc1cnc(NC(=O)Nc2ccc(CCNCc3ccccc3)cc2)cn1. The summed E-state index contributed by atoms with van der Waals surface area (Å²) in [6.07, 6.45) is 3.71. The minimum absolute atomic E-state index is 0.301. The summed E-state index contributed by atoms with van der Waals surface area (Å²) in [6.45, 7) is 1.74. The van der Waals surface area contributed by atoms with Crippen molar-refractivity contribution in [1.82, 2.24) is 15.3 Å². The molecule has 0 spiro atoms. The summed E-state index contributed by atoms with van der Waals surface area (Å²) in [5, 5.41) is 8.78. The van der Waals surface area contributed by atoms with Crippen LogP contribution in [-0.2, 0) is 13.0 Å². The van der Waals surface area contributed by atoms with E-state index >= 15 is 0 Å². The van der Waals surface area contributed by atoms with E-state index in [2.05, 4.69) is 38.1 Å². The van der Waals surface area contributed by atoms with Gasteiger partial charge in [0, 0.05) is 12.2 Å². The lowest BCUT2D eigenvalue weighted by atomic mass is 10.1. The second-order valence-corrected chi connectivity index (χ2v) is 6.01. The first-order valence-corrected chi connectivity index (χ1v) is 8.68. The number of amides is 2. The van der Waals surface area contributed by atoms with Crippen LogP contribution in [0, 0.1) is 0 Å². The van der Waals surface area contributed by atoms with Gasteiger partial charge in [0.15, 0.2) is 5.82 Å². The fraction of sp³-hybridized carbons (Fsp3) is 0.150. The normalized spacial score (nSPS) is 10.4. The molecule has 0 aliphatic rings. The van der Waals surface area contributed by atoms with Crippen LogP contribution in [-0.4, -0.2) is 22.5 Å². The molecule has 0 unspecified atom stereocenters. The van der Waals surface area contributed by atoms with Crippen LogP contribution >= 0.6 is 0 Å². The molecule has 0 aliphatic heterocycles. The van der Waals surface area contributed by atoms with Crippen molar-refractivity contribution in [3.8, 4) is 0 Å². The van der Waals surface area contributed by atoms with Gasteiger partial charge in [-0.15, -0.1) is 0 Å². The summed E-state index contributed by atoms with van der Waals surface area (Å²) >= 11 is 0. The Morgan fingerprint density at radius 1 is 0.889 bits per heavy atom. The predicted molar refractivity (Wildman–Crippen MR) is 107 cm³/mol. The first-order chi connectivity index (χ1) is 13.2. The van der Waals surface area contributed by atoms with Gasteiger partial charge in [0.25, 0.3) is 0 Å². The fourth-order valence-electron chi connectivity index (χ4n) is 2.50. The van der Waals surface area contributed by atoms with Crippen LogP contribution in [0.2, 0.25) is 0 Å². The molecule has 3 aromatic rings. The van der Waals surface area contributed by atoms with Crippen molar-refractivity contribution in [2.45, 2.75) is 13.0 Å². The van der Waals surface area contributed by atoms with E-state index in [1.54, 1.807) is 0 Å². The first kappa shape index (κ1) is 18.3. The van der Waals surface area contributed by atoms with E-state index in [0.29, 0.717) is 17.3 Å². The Labute approximate surface area is 158 Å². The standard InChI is InChI=1S/C20H22N6O/c21-18-13-24-19(14-23-18)26-20(27)25-17-8-6-15(7-9-17)10-11-22-12-16-4-2-1-3-5-16/h1-9,13-14,22H,10-12H2,(H2,21,23)(H2,24,25,26,27). The number of anilines is 3. The average molecular weight is 362 g/mol. The quantitative estimate of drug-likeness (QED) is 0.484. The Balaban J connectivity index is 1.41. The Bertz CT molecular complexity index is 850. The average Bonchev–Trinajstić information content (AvgIpc) is 2.69. The minimum atomic E-state index is -0.383. The largest absolute Gasteiger partial charge is 0.382 e. The maximum absolute atomic E-state index is 12.0. The van der Waals surface area contributed by atoms with Gasteiger partial charge in [-0.25, -0.2) is 14.8 Å². The molecule has 138 valence electrons. The van der Waals surface area contributed by atoms with E-state index in [1.807, 2.05) is 42.5 Å². The highest BCUT2D eigenvalue weighted by atomic mass is 16.2. The Hall–Kier alpha value is -3.45. The van der Waals surface area contributed by atoms with Gasteiger partial charge in [0.1, 0.15) is 5.82 Å². The van der Waals surface area contributed by atoms with Crippen LogP contribution < -0.4 is 21.7 Å². The summed E-state index contributed by atoms with van der Waals surface area (Å²) in [4.78, 5) is 19.8. The first-order valence-electron chi connectivity index (χ1n) is 8.68. The third-order valence-electron chi connectivity index (χ3n) is 3.89. The van der Waals surface area contributed by atoms with E-state index < -0.39 is 0 Å². The van der Waals surface area contributed by atoms with Crippen LogP contribution in [0.3, 0.4) is 0 Å². The molecule has 7 heteroatoms. The van der Waals surface area contributed by atoms with E-state index in [9.17, 15) is 4.79 Å². The molecule has 2 amide bonds. The molecule has 3 rings (SSSR count). The number of nitrogen functional groups attached to an aromatic ring is 1. The molecular weight excluding hydrogens is 340 g/mol. The number of hydrogen-bond acceptors (Lipinski definition) is 5. The van der Waals surface area contributed by atoms with Crippen LogP contribution in [0.25, 0.3) is 0 Å². The molecule has 27 heavy (non-hydrogen) atoms. The van der Waals surface area contributed by atoms with Gasteiger partial charge >= 0.3 is 6.03 Å². The molecule has 0 saturated carbocycles. The number of hydrogen-bond donors (Lipinski definition) is 4. The highest BCUT2D eigenvalue weighted by Gasteiger charge is 2.04. The van der Waals surface area contributed by atoms with E-state index in [1.165, 1.54) is 23.5 Å². The monoisotopic (exact) mass is 362 g/mol. The number of nitrogens with two attached hydrogens (primary N) is 1. The van der Waals surface area contributed by atoms with Gasteiger partial charge in [-0.2, -0.15) is 0 Å². The van der Waals surface area contributed by atoms with Crippen molar-refractivity contribution < 1.29 is 4.79 Å². The molecule has 0 aliphatic carbocycles. The number of nitrogens with one attached hydrogen (secondary N) is 3. The van der Waals surface area contributed by atoms with E-state index in [0.717, 1.165) is 19.5 Å². The van der Waals surface area contributed by atoms with Gasteiger partial charge in [-0.1, -0.05) is 42.5 Å². The molecule has 0 bridgehead atoms. The van der Waals surface area contributed by atoms with E-state index in [-0.39, 0.29) is 6.03 Å². The number of nitrogens with zero attached hydrogens (tertiary/aromatic N) is 2. The molecule has 0 radical (unpaired) electrons. The lowest BCUT2D eigenvalue weighted by molar-refractivity contribution is 0.262. The zero-order valence-corrected chi connectivity index (χ0v) is 14.9. The smallest absolute Gasteiger partial charge is 0.324 e. The summed E-state index contributed by atoms with van der Waals surface area (Å²) in [5.41, 5.74) is 8.64. The summed E-state index contributed by atoms with van der Waals surface area (Å²) in [5.74, 6) is 0.637. The summed E-state index contributed by atoms with van der Waals surface area (Å²) in [6, 6.07) is 17.7. The third kappa shape index (κ3) is 6.09. The number of aromatic nitrogens is 2. The van der Waals surface area contributed by atoms with Gasteiger partial charge in [-0.05, 0) is 36.2 Å². The third-order valence-corrected chi connectivity index (χ3v) is 3.89. The zero-order chi connectivity index (χ0) is 18.9. The molecule has 0 atom stereocenters.